The van der Waals surface area contributed by atoms with Crippen LogP contribution in [-0.4, -0.2) is 25.4 Å². The molecule has 2 aromatic heterocycles. The summed E-state index contributed by atoms with van der Waals surface area (Å²) in [5, 5.41) is 4.30. The van der Waals surface area contributed by atoms with Gasteiger partial charge in [-0.3, -0.25) is 4.79 Å². The number of ketones is 1. The van der Waals surface area contributed by atoms with Gasteiger partial charge in [0.15, 0.2) is 11.6 Å². The van der Waals surface area contributed by atoms with Crippen LogP contribution in [0, 0.1) is 5.82 Å². The van der Waals surface area contributed by atoms with Gasteiger partial charge in [-0.1, -0.05) is 30.7 Å². The first kappa shape index (κ1) is 17.7. The second kappa shape index (κ2) is 6.92. The maximum absolute atomic E-state index is 15.1. The number of nitrogens with zero attached hydrogens (tertiary/aromatic N) is 4. The number of nitrogens with two attached hydrogens (primary N) is 1. The quantitative estimate of drug-likeness (QED) is 0.675. The molecule has 0 atom stereocenters. The molecule has 1 saturated carbocycles. The van der Waals surface area contributed by atoms with Crippen LogP contribution in [0.2, 0.25) is 0 Å². The Morgan fingerprint density at radius 1 is 1.24 bits per heavy atom. The summed E-state index contributed by atoms with van der Waals surface area (Å²) in [5.41, 5.74) is 8.21. The van der Waals surface area contributed by atoms with Gasteiger partial charge in [0.1, 0.15) is 29.2 Å². The van der Waals surface area contributed by atoms with E-state index in [-0.39, 0.29) is 11.6 Å². The van der Waals surface area contributed by atoms with Crippen molar-refractivity contribution in [3.05, 3.63) is 65.5 Å². The van der Waals surface area contributed by atoms with Crippen molar-refractivity contribution in [2.45, 2.75) is 38.0 Å². The van der Waals surface area contributed by atoms with Crippen molar-refractivity contribution < 1.29 is 9.18 Å². The average molecular weight is 389 g/mol. The molecule has 146 valence electrons. The van der Waals surface area contributed by atoms with E-state index in [1.54, 1.807) is 22.7 Å². The topological polar surface area (TPSA) is 86.2 Å². The maximum atomic E-state index is 15.1. The molecular weight excluding hydrogens is 369 g/mol. The zero-order valence-corrected chi connectivity index (χ0v) is 15.8. The predicted octanol–water partition coefficient (Wildman–Crippen LogP) is 4.24. The summed E-state index contributed by atoms with van der Waals surface area (Å²) in [6, 6.07) is 4.50. The van der Waals surface area contributed by atoms with Gasteiger partial charge in [-0.15, -0.1) is 0 Å². The highest BCUT2D eigenvalue weighted by molar-refractivity contribution is 6.10. The summed E-state index contributed by atoms with van der Waals surface area (Å²) < 4.78 is 16.8. The molecule has 2 heterocycles. The van der Waals surface area contributed by atoms with Crippen LogP contribution >= 0.6 is 0 Å². The number of fused-ring (bicyclic) bond motifs is 1. The smallest absolute Gasteiger partial charge is 0.192 e. The number of aromatic nitrogens is 4. The zero-order valence-electron chi connectivity index (χ0n) is 15.8. The van der Waals surface area contributed by atoms with Crippen molar-refractivity contribution in [1.82, 2.24) is 19.6 Å². The van der Waals surface area contributed by atoms with E-state index in [1.807, 2.05) is 12.2 Å². The fourth-order valence-electron chi connectivity index (χ4n) is 3.89. The van der Waals surface area contributed by atoms with Crippen LogP contribution in [0.1, 0.15) is 54.2 Å². The Balaban J connectivity index is 1.59. The number of anilines is 1. The molecule has 7 heteroatoms. The Morgan fingerprint density at radius 2 is 2.10 bits per heavy atom. The van der Waals surface area contributed by atoms with E-state index >= 15 is 4.39 Å². The Kier molecular flexibility index (Phi) is 4.23. The minimum atomic E-state index is -0.514. The molecule has 0 spiro atoms. The van der Waals surface area contributed by atoms with Crippen LogP contribution in [0.15, 0.2) is 48.3 Å². The summed E-state index contributed by atoms with van der Waals surface area (Å²) in [6.45, 7) is 0. The first-order valence-electron chi connectivity index (χ1n) is 9.84. The number of imidazole rings is 1. The number of nitrogen functional groups attached to an aromatic ring is 1. The molecule has 29 heavy (non-hydrogen) atoms. The fourth-order valence-corrected chi connectivity index (χ4v) is 3.89. The lowest BCUT2D eigenvalue weighted by Gasteiger charge is -2.23. The van der Waals surface area contributed by atoms with Crippen LogP contribution < -0.4 is 5.73 Å². The SMILES string of the molecule is Nc1ncnn2c(C3CCC3)nc(-c3ccc(C(=O)C4=CCCC=C4)cc3F)c12. The molecule has 0 unspecified atom stereocenters. The minimum Gasteiger partial charge on any atom is -0.382 e. The van der Waals surface area contributed by atoms with Gasteiger partial charge in [-0.05, 0) is 37.8 Å². The summed E-state index contributed by atoms with van der Waals surface area (Å²) in [6.07, 6.45) is 12.0. The third-order valence-electron chi connectivity index (χ3n) is 5.70. The van der Waals surface area contributed by atoms with E-state index in [2.05, 4.69) is 10.1 Å². The molecule has 0 saturated heterocycles. The summed E-state index contributed by atoms with van der Waals surface area (Å²) >= 11 is 0. The lowest BCUT2D eigenvalue weighted by molar-refractivity contribution is 0.103. The van der Waals surface area contributed by atoms with E-state index in [9.17, 15) is 4.79 Å². The second-order valence-corrected chi connectivity index (χ2v) is 7.52. The van der Waals surface area contributed by atoms with Gasteiger partial charge in [-0.25, -0.2) is 18.9 Å². The Morgan fingerprint density at radius 3 is 2.79 bits per heavy atom. The lowest BCUT2D eigenvalue weighted by Crippen LogP contribution is -2.14. The summed E-state index contributed by atoms with van der Waals surface area (Å²) in [5.74, 6) is 0.635. The van der Waals surface area contributed by atoms with E-state index in [0.717, 1.165) is 37.9 Å². The van der Waals surface area contributed by atoms with Crippen molar-refractivity contribution in [3.8, 4) is 11.3 Å². The molecule has 0 amide bonds. The number of carbonyl (C=O) groups is 1. The van der Waals surface area contributed by atoms with Crippen LogP contribution in [0.3, 0.4) is 0 Å². The monoisotopic (exact) mass is 389 g/mol. The molecule has 3 aromatic rings. The van der Waals surface area contributed by atoms with Crippen LogP contribution in [0.4, 0.5) is 10.2 Å². The second-order valence-electron chi connectivity index (χ2n) is 7.52. The largest absolute Gasteiger partial charge is 0.382 e. The summed E-state index contributed by atoms with van der Waals surface area (Å²) in [4.78, 5) is 21.4. The lowest BCUT2D eigenvalue weighted by atomic mass is 9.85. The molecule has 2 N–H and O–H groups in total. The molecule has 5 rings (SSSR count). The van der Waals surface area contributed by atoms with Gasteiger partial charge in [0, 0.05) is 22.6 Å². The molecule has 1 fully saturated rings. The van der Waals surface area contributed by atoms with Crippen LogP contribution in [0.25, 0.3) is 16.8 Å². The molecule has 0 radical (unpaired) electrons. The molecule has 2 aliphatic rings. The number of benzene rings is 1. The first-order chi connectivity index (χ1) is 14.1. The van der Waals surface area contributed by atoms with Crippen molar-refractivity contribution >= 4 is 17.1 Å². The van der Waals surface area contributed by atoms with Crippen molar-refractivity contribution in [2.24, 2.45) is 0 Å². The van der Waals surface area contributed by atoms with Gasteiger partial charge in [0.05, 0.1) is 0 Å². The van der Waals surface area contributed by atoms with Crippen LogP contribution in [0.5, 0.6) is 0 Å². The van der Waals surface area contributed by atoms with Gasteiger partial charge in [0.2, 0.25) is 0 Å². The first-order valence-corrected chi connectivity index (χ1v) is 9.84. The number of allylic oxidation sites excluding steroid dienone is 4. The normalized spacial score (nSPS) is 16.7. The third kappa shape index (κ3) is 2.93. The standard InChI is InChI=1S/C22H20FN5O/c23-17-11-15(20(29)13-5-2-1-3-6-13)9-10-16(17)18-19-21(24)25-12-26-28(19)22(27-18)14-7-4-8-14/h2,5-6,9-12,14H,1,3-4,7-8H2,(H2,24,25,26). The Hall–Kier alpha value is -3.35. The van der Waals surface area contributed by atoms with E-state index in [1.165, 1.54) is 12.4 Å². The zero-order chi connectivity index (χ0) is 20.0. The summed E-state index contributed by atoms with van der Waals surface area (Å²) in [7, 11) is 0. The van der Waals surface area contributed by atoms with Crippen molar-refractivity contribution in [3.63, 3.8) is 0 Å². The number of hydrogen-bond donors (Lipinski definition) is 1. The molecule has 2 aliphatic carbocycles. The third-order valence-corrected chi connectivity index (χ3v) is 5.70. The average Bonchev–Trinajstić information content (AvgIpc) is 3.07. The molecule has 0 aliphatic heterocycles. The van der Waals surface area contributed by atoms with Crippen molar-refractivity contribution in [1.29, 1.82) is 0 Å². The van der Waals surface area contributed by atoms with Gasteiger partial charge in [0.25, 0.3) is 0 Å². The number of rotatable bonds is 4. The Bertz CT molecular complexity index is 1190. The highest BCUT2D eigenvalue weighted by atomic mass is 19.1. The number of carbonyl (C=O) groups excluding carboxylic acids is 1. The number of halogens is 1. The van der Waals surface area contributed by atoms with Gasteiger partial charge in [-0.2, -0.15) is 5.10 Å². The van der Waals surface area contributed by atoms with Gasteiger partial charge < -0.3 is 5.73 Å². The van der Waals surface area contributed by atoms with Crippen molar-refractivity contribution in [2.75, 3.05) is 5.73 Å². The highest BCUT2D eigenvalue weighted by Gasteiger charge is 2.28. The Labute approximate surface area is 167 Å². The molecule has 1 aromatic carbocycles. The maximum Gasteiger partial charge on any atom is 0.192 e. The fraction of sp³-hybridized carbons (Fsp3) is 0.273. The number of hydrogen-bond acceptors (Lipinski definition) is 5. The molecule has 0 bridgehead atoms. The number of Topliss-reactive ketones (excluding diaryl/α,β-unsaturated/α-hetero) is 1. The highest BCUT2D eigenvalue weighted by Crippen LogP contribution is 2.39. The molecule has 6 nitrogen and oxygen atoms in total. The minimum absolute atomic E-state index is 0.181. The predicted molar refractivity (Wildman–Crippen MR) is 108 cm³/mol. The van der Waals surface area contributed by atoms with E-state index in [4.69, 9.17) is 10.7 Å². The van der Waals surface area contributed by atoms with Gasteiger partial charge >= 0.3 is 0 Å². The van der Waals surface area contributed by atoms with Crippen LogP contribution in [-0.2, 0) is 0 Å². The van der Waals surface area contributed by atoms with E-state index in [0.29, 0.717) is 33.8 Å². The molecular formula is C22H20FN5O. The van der Waals surface area contributed by atoms with E-state index < -0.39 is 5.82 Å².